The van der Waals surface area contributed by atoms with E-state index in [-0.39, 0.29) is 16.9 Å². The number of aliphatic hydroxyl groups is 1. The Bertz CT molecular complexity index is 544. The minimum atomic E-state index is -0.135. The Hall–Kier alpha value is -1.10. The van der Waals surface area contributed by atoms with Crippen LogP contribution in [-0.2, 0) is 0 Å². The average molecular weight is 303 g/mol. The topological polar surface area (TPSA) is 32.4 Å². The van der Waals surface area contributed by atoms with Crippen LogP contribution in [0.2, 0.25) is 0 Å². The minimum absolute atomic E-state index is 0.0932. The molecule has 0 radical (unpaired) electrons. The van der Waals surface area contributed by atoms with Crippen LogP contribution in [-0.4, -0.2) is 51.5 Å². The molecule has 4 heterocycles. The summed E-state index contributed by atoms with van der Waals surface area (Å²) >= 11 is 0. The van der Waals surface area contributed by atoms with E-state index in [1.54, 1.807) is 9.80 Å². The molecule has 1 aromatic rings. The van der Waals surface area contributed by atoms with Gasteiger partial charge in [-0.15, -0.1) is 0 Å². The third kappa shape index (κ3) is 1.87. The van der Waals surface area contributed by atoms with Gasteiger partial charge in [-0.2, -0.15) is 0 Å². The Morgan fingerprint density at radius 1 is 0.955 bits per heavy atom. The molecule has 0 spiro atoms. The fourth-order valence-electron chi connectivity index (χ4n) is 5.69. The minimum Gasteiger partial charge on any atom is -0.391 e. The number of quaternary nitrogens is 2. The zero-order chi connectivity index (χ0) is 15.7. The van der Waals surface area contributed by atoms with E-state index in [9.17, 15) is 5.11 Å². The Labute approximate surface area is 133 Å². The third-order valence-electron chi connectivity index (χ3n) is 6.40. The standard InChI is InChI=1S/C18H27N3O/c1-17-9-20-11-18(2,16(17)22)12-21(10-17)15(20)13-5-7-14(8-6-13)19(3)4/h5-8,15-16,22H,9-12H2,1-4H3/p+2. The van der Waals surface area contributed by atoms with Gasteiger partial charge in [0.05, 0.1) is 48.7 Å². The van der Waals surface area contributed by atoms with Crippen molar-refractivity contribution in [3.63, 3.8) is 0 Å². The summed E-state index contributed by atoms with van der Waals surface area (Å²) in [6.45, 7) is 9.00. The summed E-state index contributed by atoms with van der Waals surface area (Å²) in [4.78, 5) is 5.49. The molecule has 0 unspecified atom stereocenters. The number of rotatable bonds is 2. The van der Waals surface area contributed by atoms with Crippen molar-refractivity contribution in [2.24, 2.45) is 10.8 Å². The van der Waals surface area contributed by atoms with E-state index in [4.69, 9.17) is 0 Å². The quantitative estimate of drug-likeness (QED) is 0.650. The molecule has 0 aliphatic carbocycles. The van der Waals surface area contributed by atoms with Crippen molar-refractivity contribution in [2.45, 2.75) is 26.1 Å². The van der Waals surface area contributed by atoms with Gasteiger partial charge in [0.25, 0.3) is 0 Å². The smallest absolute Gasteiger partial charge is 0.240 e. The van der Waals surface area contributed by atoms with E-state index in [0.717, 1.165) is 26.2 Å². The lowest BCUT2D eigenvalue weighted by Crippen LogP contribution is -3.41. The lowest BCUT2D eigenvalue weighted by Gasteiger charge is -2.62. The van der Waals surface area contributed by atoms with Crippen molar-refractivity contribution in [2.75, 3.05) is 45.2 Å². The molecule has 3 N–H and O–H groups in total. The van der Waals surface area contributed by atoms with Crippen LogP contribution in [0.1, 0.15) is 25.6 Å². The van der Waals surface area contributed by atoms with Gasteiger partial charge in [0.2, 0.25) is 6.17 Å². The van der Waals surface area contributed by atoms with E-state index in [1.807, 2.05) is 0 Å². The number of piperidine rings is 2. The first kappa shape index (κ1) is 14.5. The van der Waals surface area contributed by atoms with Crippen LogP contribution in [0.3, 0.4) is 0 Å². The molecular formula is C18H29N3O+2. The molecule has 0 atom stereocenters. The second-order valence-electron chi connectivity index (χ2n) is 8.65. The number of nitrogens with zero attached hydrogens (tertiary/aromatic N) is 1. The highest BCUT2D eigenvalue weighted by atomic mass is 16.3. The number of anilines is 1. The largest absolute Gasteiger partial charge is 0.391 e. The van der Waals surface area contributed by atoms with Gasteiger partial charge < -0.3 is 10.0 Å². The molecule has 4 saturated heterocycles. The first-order valence-electron chi connectivity index (χ1n) is 8.47. The molecule has 0 amide bonds. The van der Waals surface area contributed by atoms with Gasteiger partial charge in [-0.1, -0.05) is 0 Å². The van der Waals surface area contributed by atoms with Gasteiger partial charge >= 0.3 is 0 Å². The van der Waals surface area contributed by atoms with Crippen molar-refractivity contribution >= 4 is 5.69 Å². The maximum atomic E-state index is 10.8. The molecule has 0 aromatic heterocycles. The second-order valence-corrected chi connectivity index (χ2v) is 8.65. The fraction of sp³-hybridized carbons (Fsp3) is 0.667. The van der Waals surface area contributed by atoms with E-state index in [2.05, 4.69) is 57.1 Å². The number of aliphatic hydroxyl groups excluding tert-OH is 1. The van der Waals surface area contributed by atoms with Crippen LogP contribution in [0, 0.1) is 10.8 Å². The third-order valence-corrected chi connectivity index (χ3v) is 6.40. The van der Waals surface area contributed by atoms with E-state index < -0.39 is 0 Å². The summed E-state index contributed by atoms with van der Waals surface area (Å²) in [5, 5.41) is 10.8. The number of benzene rings is 1. The Morgan fingerprint density at radius 3 is 1.82 bits per heavy atom. The van der Waals surface area contributed by atoms with Gasteiger partial charge in [0, 0.05) is 19.8 Å². The van der Waals surface area contributed by atoms with Gasteiger partial charge in [-0.05, 0) is 38.1 Å². The Balaban J connectivity index is 1.66. The lowest BCUT2D eigenvalue weighted by atomic mass is 9.60. The summed E-state index contributed by atoms with van der Waals surface area (Å²) in [6.07, 6.45) is 0.412. The lowest BCUT2D eigenvalue weighted by molar-refractivity contribution is -1.19. The van der Waals surface area contributed by atoms with Crippen LogP contribution in [0.5, 0.6) is 0 Å². The van der Waals surface area contributed by atoms with Crippen LogP contribution in [0.15, 0.2) is 24.3 Å². The molecule has 0 saturated carbocycles. The molecule has 120 valence electrons. The van der Waals surface area contributed by atoms with Crippen LogP contribution in [0.4, 0.5) is 5.69 Å². The highest BCUT2D eigenvalue weighted by molar-refractivity contribution is 5.46. The molecule has 4 fully saturated rings. The average Bonchev–Trinajstić information content (AvgIpc) is 2.44. The SMILES string of the molecule is CN(C)c1ccc(C2[NH+]3CC4(C)C[NH+]2CC(C)(C3)C4O)cc1. The predicted octanol–water partition coefficient (Wildman–Crippen LogP) is -1.06. The molecule has 4 bridgehead atoms. The van der Waals surface area contributed by atoms with Crippen LogP contribution in [0.25, 0.3) is 0 Å². The first-order valence-corrected chi connectivity index (χ1v) is 8.47. The van der Waals surface area contributed by atoms with Crippen molar-refractivity contribution in [3.05, 3.63) is 29.8 Å². The molecule has 4 aliphatic rings. The number of nitrogens with one attached hydrogen (secondary N) is 2. The van der Waals surface area contributed by atoms with Gasteiger partial charge in [0.15, 0.2) is 0 Å². The maximum Gasteiger partial charge on any atom is 0.240 e. The highest BCUT2D eigenvalue weighted by Crippen LogP contribution is 2.39. The van der Waals surface area contributed by atoms with Gasteiger partial charge in [0.1, 0.15) is 0 Å². The van der Waals surface area contributed by atoms with E-state index >= 15 is 0 Å². The molecule has 1 aromatic carbocycles. The maximum absolute atomic E-state index is 10.8. The monoisotopic (exact) mass is 303 g/mol. The fourth-order valence-corrected chi connectivity index (χ4v) is 5.69. The Morgan fingerprint density at radius 2 is 1.41 bits per heavy atom. The number of hydrogen-bond donors (Lipinski definition) is 3. The molecule has 4 aliphatic heterocycles. The van der Waals surface area contributed by atoms with Crippen molar-refractivity contribution in [3.8, 4) is 0 Å². The molecular weight excluding hydrogens is 274 g/mol. The molecule has 22 heavy (non-hydrogen) atoms. The highest BCUT2D eigenvalue weighted by Gasteiger charge is 2.67. The second kappa shape index (κ2) is 4.47. The van der Waals surface area contributed by atoms with Crippen molar-refractivity contribution in [1.82, 2.24) is 0 Å². The van der Waals surface area contributed by atoms with E-state index in [0.29, 0.717) is 6.17 Å². The van der Waals surface area contributed by atoms with Crippen molar-refractivity contribution in [1.29, 1.82) is 0 Å². The van der Waals surface area contributed by atoms with Crippen LogP contribution < -0.4 is 14.7 Å². The summed E-state index contributed by atoms with van der Waals surface area (Å²) in [5.41, 5.74) is 2.90. The Kier molecular flexibility index (Phi) is 2.94. The zero-order valence-electron chi connectivity index (χ0n) is 14.2. The first-order chi connectivity index (χ1) is 10.3. The predicted molar refractivity (Wildman–Crippen MR) is 87.1 cm³/mol. The summed E-state index contributed by atoms with van der Waals surface area (Å²) in [6, 6.07) is 9.09. The van der Waals surface area contributed by atoms with E-state index in [1.165, 1.54) is 11.3 Å². The molecule has 4 heteroatoms. The summed E-state index contributed by atoms with van der Waals surface area (Å²) < 4.78 is 0. The van der Waals surface area contributed by atoms with Crippen LogP contribution >= 0.6 is 0 Å². The zero-order valence-corrected chi connectivity index (χ0v) is 14.2. The molecule has 5 rings (SSSR count). The molecule has 4 nitrogen and oxygen atoms in total. The summed E-state index contributed by atoms with van der Waals surface area (Å²) in [5.74, 6) is 0. The van der Waals surface area contributed by atoms with Crippen molar-refractivity contribution < 1.29 is 14.9 Å². The number of hydrogen-bond acceptors (Lipinski definition) is 2. The van der Waals surface area contributed by atoms with Gasteiger partial charge in [-0.25, -0.2) is 0 Å². The normalized spacial score (nSPS) is 46.0. The van der Waals surface area contributed by atoms with Gasteiger partial charge in [-0.3, -0.25) is 9.80 Å². The summed E-state index contributed by atoms with van der Waals surface area (Å²) in [7, 11) is 4.18.